The molecule has 0 unspecified atom stereocenters. The normalized spacial score (nSPS) is 11.4. The Balaban J connectivity index is 2.33. The smallest absolute Gasteiger partial charge is 0.0941 e. The van der Waals surface area contributed by atoms with Crippen molar-refractivity contribution in [1.29, 1.82) is 0 Å². The van der Waals surface area contributed by atoms with E-state index in [1.165, 1.54) is 0 Å². The molecule has 0 aliphatic rings. The third-order valence-corrected chi connectivity index (χ3v) is 4.04. The fourth-order valence-electron chi connectivity index (χ4n) is 1.77. The van der Waals surface area contributed by atoms with Crippen LogP contribution in [0.5, 0.6) is 0 Å². The summed E-state index contributed by atoms with van der Waals surface area (Å²) < 4.78 is 10.2. The van der Waals surface area contributed by atoms with E-state index >= 15 is 0 Å². The van der Waals surface area contributed by atoms with Gasteiger partial charge in [0.05, 0.1) is 23.2 Å². The van der Waals surface area contributed by atoms with Gasteiger partial charge in [-0.2, -0.15) is 0 Å². The van der Waals surface area contributed by atoms with E-state index in [1.807, 2.05) is 5.38 Å². The lowest BCUT2D eigenvalue weighted by Gasteiger charge is -2.21. The standard InChI is InChI=1S/C13H23ClN2O2S/c1-17-8-3-5-16(7-9-18-2)6-4-13-15-12(10-14)11-19-13/h11H,3-10H2,1-2H3. The van der Waals surface area contributed by atoms with Crippen LogP contribution in [-0.2, 0) is 21.8 Å². The predicted molar refractivity (Wildman–Crippen MR) is 80.2 cm³/mol. The molecular weight excluding hydrogens is 284 g/mol. The van der Waals surface area contributed by atoms with E-state index < -0.39 is 0 Å². The lowest BCUT2D eigenvalue weighted by atomic mass is 10.3. The molecule has 0 aromatic carbocycles. The molecule has 19 heavy (non-hydrogen) atoms. The number of methoxy groups -OCH3 is 2. The third kappa shape index (κ3) is 7.22. The first kappa shape index (κ1) is 16.9. The van der Waals surface area contributed by atoms with Crippen LogP contribution in [0.25, 0.3) is 0 Å². The van der Waals surface area contributed by atoms with Crippen LogP contribution in [0.2, 0.25) is 0 Å². The van der Waals surface area contributed by atoms with Crippen molar-refractivity contribution in [2.45, 2.75) is 18.7 Å². The molecular formula is C13H23ClN2O2S. The zero-order valence-corrected chi connectivity index (χ0v) is 13.3. The Labute approximate surface area is 124 Å². The SMILES string of the molecule is COCCCN(CCOC)CCc1nc(CCl)cs1. The van der Waals surface area contributed by atoms with Gasteiger partial charge >= 0.3 is 0 Å². The van der Waals surface area contributed by atoms with Crippen LogP contribution in [-0.4, -0.2) is 57.0 Å². The summed E-state index contributed by atoms with van der Waals surface area (Å²) in [7, 11) is 3.48. The topological polar surface area (TPSA) is 34.6 Å². The quantitative estimate of drug-likeness (QED) is 0.464. The van der Waals surface area contributed by atoms with Crippen LogP contribution in [0.4, 0.5) is 0 Å². The average Bonchev–Trinajstić information content (AvgIpc) is 2.89. The largest absolute Gasteiger partial charge is 0.385 e. The highest BCUT2D eigenvalue weighted by Gasteiger charge is 2.07. The van der Waals surface area contributed by atoms with Gasteiger partial charge in [0.25, 0.3) is 0 Å². The first-order valence-corrected chi connectivity index (χ1v) is 7.91. The zero-order valence-electron chi connectivity index (χ0n) is 11.7. The van der Waals surface area contributed by atoms with Crippen LogP contribution in [0.3, 0.4) is 0 Å². The molecule has 0 bridgehead atoms. The molecule has 0 saturated carbocycles. The third-order valence-electron chi connectivity index (χ3n) is 2.81. The second-order valence-electron chi connectivity index (χ2n) is 4.30. The predicted octanol–water partition coefficient (Wildman–Crippen LogP) is 2.41. The van der Waals surface area contributed by atoms with Crippen molar-refractivity contribution in [3.63, 3.8) is 0 Å². The van der Waals surface area contributed by atoms with E-state index in [0.29, 0.717) is 5.88 Å². The summed E-state index contributed by atoms with van der Waals surface area (Å²) in [5, 5.41) is 3.19. The first-order valence-electron chi connectivity index (χ1n) is 6.49. The Kier molecular flexibility index (Phi) is 9.38. The highest BCUT2D eigenvalue weighted by molar-refractivity contribution is 7.09. The highest BCUT2D eigenvalue weighted by atomic mass is 35.5. The molecule has 1 aromatic heterocycles. The van der Waals surface area contributed by atoms with Crippen LogP contribution in [0.15, 0.2) is 5.38 Å². The minimum atomic E-state index is 0.498. The second-order valence-corrected chi connectivity index (χ2v) is 5.51. The van der Waals surface area contributed by atoms with Crippen LogP contribution >= 0.6 is 22.9 Å². The molecule has 110 valence electrons. The van der Waals surface area contributed by atoms with E-state index in [2.05, 4.69) is 9.88 Å². The molecule has 0 fully saturated rings. The maximum Gasteiger partial charge on any atom is 0.0941 e. The molecule has 0 amide bonds. The monoisotopic (exact) mass is 306 g/mol. The Bertz CT molecular complexity index is 336. The number of aromatic nitrogens is 1. The van der Waals surface area contributed by atoms with Crippen molar-refractivity contribution in [3.8, 4) is 0 Å². The summed E-state index contributed by atoms with van der Waals surface area (Å²) in [6, 6.07) is 0. The maximum absolute atomic E-state index is 5.76. The molecule has 0 aliphatic heterocycles. The molecule has 4 nitrogen and oxygen atoms in total. The van der Waals surface area contributed by atoms with Gasteiger partial charge in [-0.25, -0.2) is 4.98 Å². The summed E-state index contributed by atoms with van der Waals surface area (Å²) in [5.74, 6) is 0.498. The second kappa shape index (κ2) is 10.6. The van der Waals surface area contributed by atoms with Gasteiger partial charge in [-0.1, -0.05) is 0 Å². The van der Waals surface area contributed by atoms with E-state index in [9.17, 15) is 0 Å². The number of alkyl halides is 1. The lowest BCUT2D eigenvalue weighted by Crippen LogP contribution is -2.31. The first-order chi connectivity index (χ1) is 9.30. The maximum atomic E-state index is 5.76. The fraction of sp³-hybridized carbons (Fsp3) is 0.769. The van der Waals surface area contributed by atoms with Crippen molar-refractivity contribution >= 4 is 22.9 Å². The molecule has 1 aromatic rings. The zero-order chi connectivity index (χ0) is 13.9. The molecule has 0 aliphatic carbocycles. The van der Waals surface area contributed by atoms with Crippen molar-refractivity contribution in [2.24, 2.45) is 0 Å². The summed E-state index contributed by atoms with van der Waals surface area (Å²) >= 11 is 7.45. The molecule has 0 N–H and O–H groups in total. The van der Waals surface area contributed by atoms with Crippen LogP contribution in [0.1, 0.15) is 17.1 Å². The van der Waals surface area contributed by atoms with Gasteiger partial charge in [-0.3, -0.25) is 0 Å². The molecule has 0 saturated heterocycles. The Morgan fingerprint density at radius 1 is 1.21 bits per heavy atom. The summed E-state index contributed by atoms with van der Waals surface area (Å²) in [5.41, 5.74) is 0.976. The number of rotatable bonds is 11. The minimum Gasteiger partial charge on any atom is -0.385 e. The number of halogens is 1. The van der Waals surface area contributed by atoms with Crippen molar-refractivity contribution in [1.82, 2.24) is 9.88 Å². The number of thiazole rings is 1. The number of hydrogen-bond donors (Lipinski definition) is 0. The lowest BCUT2D eigenvalue weighted by molar-refractivity contribution is 0.133. The van der Waals surface area contributed by atoms with E-state index in [4.69, 9.17) is 21.1 Å². The minimum absolute atomic E-state index is 0.498. The average molecular weight is 307 g/mol. The Morgan fingerprint density at radius 2 is 2.00 bits per heavy atom. The van der Waals surface area contributed by atoms with Crippen molar-refractivity contribution in [2.75, 3.05) is 47.1 Å². The van der Waals surface area contributed by atoms with Gasteiger partial charge in [0, 0.05) is 52.3 Å². The van der Waals surface area contributed by atoms with Crippen LogP contribution in [0, 0.1) is 0 Å². The van der Waals surface area contributed by atoms with Crippen molar-refractivity contribution < 1.29 is 9.47 Å². The molecule has 0 atom stereocenters. The summed E-state index contributed by atoms with van der Waals surface area (Å²) in [4.78, 5) is 6.87. The molecule has 1 rings (SSSR count). The van der Waals surface area contributed by atoms with Gasteiger partial charge in [-0.15, -0.1) is 22.9 Å². The Hall–Kier alpha value is -0.200. The molecule has 0 radical (unpaired) electrons. The van der Waals surface area contributed by atoms with E-state index in [1.54, 1.807) is 25.6 Å². The summed E-state index contributed by atoms with van der Waals surface area (Å²) in [6.07, 6.45) is 2.02. The number of hydrogen-bond acceptors (Lipinski definition) is 5. The van der Waals surface area contributed by atoms with Crippen LogP contribution < -0.4 is 0 Å². The summed E-state index contributed by atoms with van der Waals surface area (Å²) in [6.45, 7) is 4.55. The molecule has 1 heterocycles. The molecule has 6 heteroatoms. The van der Waals surface area contributed by atoms with Gasteiger partial charge in [0.2, 0.25) is 0 Å². The molecule has 0 spiro atoms. The highest BCUT2D eigenvalue weighted by Crippen LogP contribution is 2.12. The Morgan fingerprint density at radius 3 is 2.63 bits per heavy atom. The van der Waals surface area contributed by atoms with Gasteiger partial charge in [0.1, 0.15) is 0 Å². The van der Waals surface area contributed by atoms with Gasteiger partial charge in [-0.05, 0) is 6.42 Å². The van der Waals surface area contributed by atoms with Gasteiger partial charge in [0.15, 0.2) is 0 Å². The fourth-order valence-corrected chi connectivity index (χ4v) is 2.78. The van der Waals surface area contributed by atoms with Crippen molar-refractivity contribution in [3.05, 3.63) is 16.1 Å². The number of ether oxygens (including phenoxy) is 2. The number of nitrogens with zero attached hydrogens (tertiary/aromatic N) is 2. The van der Waals surface area contributed by atoms with E-state index in [-0.39, 0.29) is 0 Å². The van der Waals surface area contributed by atoms with Gasteiger partial charge < -0.3 is 14.4 Å². The van der Waals surface area contributed by atoms with E-state index in [0.717, 1.165) is 56.4 Å².